The molecule has 0 aliphatic carbocycles. The fourth-order valence-electron chi connectivity index (χ4n) is 7.51. The first kappa shape index (κ1) is 56.1. The van der Waals surface area contributed by atoms with Crippen LogP contribution in [-0.2, 0) is 23.7 Å². The second-order valence-electron chi connectivity index (χ2n) is 16.9. The molecule has 2 aliphatic heterocycles. The van der Waals surface area contributed by atoms with E-state index in [1.165, 1.54) is 70.6 Å². The molecule has 0 bridgehead atoms. The van der Waals surface area contributed by atoms with Gasteiger partial charge in [-0.25, -0.2) is 0 Å². The lowest BCUT2D eigenvalue weighted by molar-refractivity contribution is -0.359. The Morgan fingerprint density at radius 1 is 0.581 bits per heavy atom. The third kappa shape index (κ3) is 22.7. The molecular formula is C48H85NO13. The molecule has 62 heavy (non-hydrogen) atoms. The zero-order valence-corrected chi connectivity index (χ0v) is 37.8. The van der Waals surface area contributed by atoms with E-state index in [-0.39, 0.29) is 18.9 Å². The molecule has 2 saturated heterocycles. The number of carbonyl (C=O) groups excluding carboxylic acids is 1. The Labute approximate surface area is 372 Å². The molecule has 12 atom stereocenters. The maximum absolute atomic E-state index is 13.1. The molecule has 12 unspecified atom stereocenters. The van der Waals surface area contributed by atoms with Crippen molar-refractivity contribution in [1.82, 2.24) is 5.32 Å². The normalized spacial score (nSPS) is 28.2. The number of aliphatic hydroxyl groups is 8. The lowest BCUT2D eigenvalue weighted by atomic mass is 9.97. The molecule has 2 heterocycles. The Morgan fingerprint density at radius 3 is 1.68 bits per heavy atom. The predicted octanol–water partition coefficient (Wildman–Crippen LogP) is 5.32. The molecule has 2 fully saturated rings. The van der Waals surface area contributed by atoms with Crippen LogP contribution >= 0.6 is 0 Å². The minimum absolute atomic E-state index is 0.260. The third-order valence-corrected chi connectivity index (χ3v) is 11.5. The first-order chi connectivity index (χ1) is 30.1. The molecule has 14 nitrogen and oxygen atoms in total. The fraction of sp³-hybridized carbons (Fsp3) is 0.812. The number of amides is 1. The predicted molar refractivity (Wildman–Crippen MR) is 240 cm³/mol. The van der Waals surface area contributed by atoms with Crippen molar-refractivity contribution in [2.24, 2.45) is 0 Å². The summed E-state index contributed by atoms with van der Waals surface area (Å²) in [7, 11) is 0. The van der Waals surface area contributed by atoms with Gasteiger partial charge in [0.15, 0.2) is 12.6 Å². The first-order valence-corrected chi connectivity index (χ1v) is 23.9. The number of aliphatic hydroxyl groups excluding tert-OH is 8. The van der Waals surface area contributed by atoms with Crippen LogP contribution in [0.15, 0.2) is 48.6 Å². The first-order valence-electron chi connectivity index (χ1n) is 23.9. The highest BCUT2D eigenvalue weighted by Gasteiger charge is 2.50. The Morgan fingerprint density at radius 2 is 1.08 bits per heavy atom. The molecule has 0 aromatic heterocycles. The van der Waals surface area contributed by atoms with E-state index in [0.717, 1.165) is 51.4 Å². The summed E-state index contributed by atoms with van der Waals surface area (Å²) in [5.41, 5.74) is 0. The van der Waals surface area contributed by atoms with Gasteiger partial charge in [0, 0.05) is 6.42 Å². The molecule has 0 radical (unpaired) electrons. The van der Waals surface area contributed by atoms with Gasteiger partial charge in [0.1, 0.15) is 48.8 Å². The maximum Gasteiger partial charge on any atom is 0.220 e. The quantitative estimate of drug-likeness (QED) is 0.0291. The second kappa shape index (κ2) is 35.2. The van der Waals surface area contributed by atoms with E-state index in [2.05, 4.69) is 55.6 Å². The largest absolute Gasteiger partial charge is 0.394 e. The third-order valence-electron chi connectivity index (χ3n) is 11.5. The lowest BCUT2D eigenvalue weighted by Gasteiger charge is -2.46. The van der Waals surface area contributed by atoms with Gasteiger partial charge < -0.3 is 65.1 Å². The van der Waals surface area contributed by atoms with E-state index in [9.17, 15) is 45.6 Å². The minimum Gasteiger partial charge on any atom is -0.394 e. The van der Waals surface area contributed by atoms with Gasteiger partial charge in [-0.15, -0.1) is 0 Å². The summed E-state index contributed by atoms with van der Waals surface area (Å²) >= 11 is 0. The van der Waals surface area contributed by atoms with Crippen LogP contribution in [0.4, 0.5) is 0 Å². The van der Waals surface area contributed by atoms with Gasteiger partial charge in [-0.3, -0.25) is 4.79 Å². The van der Waals surface area contributed by atoms with Gasteiger partial charge in [-0.2, -0.15) is 0 Å². The van der Waals surface area contributed by atoms with Crippen LogP contribution in [0.1, 0.15) is 155 Å². The topological polar surface area (TPSA) is 228 Å². The summed E-state index contributed by atoms with van der Waals surface area (Å²) in [6.07, 6.45) is 23.1. The van der Waals surface area contributed by atoms with Crippen LogP contribution in [0.2, 0.25) is 0 Å². The fourth-order valence-corrected chi connectivity index (χ4v) is 7.51. The summed E-state index contributed by atoms with van der Waals surface area (Å²) in [6.45, 7) is 2.66. The number of hydrogen-bond donors (Lipinski definition) is 9. The Bertz CT molecular complexity index is 1230. The summed E-state index contributed by atoms with van der Waals surface area (Å²) in [5, 5.41) is 86.4. The van der Waals surface area contributed by atoms with E-state index in [0.29, 0.717) is 12.8 Å². The number of allylic oxidation sites excluding steroid dienone is 7. The van der Waals surface area contributed by atoms with Crippen LogP contribution in [0.25, 0.3) is 0 Å². The Balaban J connectivity index is 1.83. The molecule has 2 rings (SSSR count). The molecule has 2 aliphatic rings. The number of ether oxygens (including phenoxy) is 4. The Hall–Kier alpha value is -2.05. The van der Waals surface area contributed by atoms with Gasteiger partial charge >= 0.3 is 0 Å². The number of rotatable bonds is 35. The molecule has 9 N–H and O–H groups in total. The molecule has 14 heteroatoms. The van der Waals surface area contributed by atoms with E-state index < -0.39 is 86.8 Å². The zero-order chi connectivity index (χ0) is 45.4. The highest BCUT2D eigenvalue weighted by atomic mass is 16.7. The van der Waals surface area contributed by atoms with Crippen molar-refractivity contribution in [2.75, 3.05) is 19.8 Å². The number of nitrogens with one attached hydrogen (secondary N) is 1. The zero-order valence-electron chi connectivity index (χ0n) is 37.8. The van der Waals surface area contributed by atoms with Crippen LogP contribution in [0.3, 0.4) is 0 Å². The average Bonchev–Trinajstić information content (AvgIpc) is 3.27. The summed E-state index contributed by atoms with van der Waals surface area (Å²) < 4.78 is 22.6. The summed E-state index contributed by atoms with van der Waals surface area (Å²) in [6, 6.07) is -0.931. The van der Waals surface area contributed by atoms with E-state index in [1.807, 2.05) is 6.08 Å². The van der Waals surface area contributed by atoms with Crippen LogP contribution in [0, 0.1) is 0 Å². The highest BCUT2D eigenvalue weighted by molar-refractivity contribution is 5.76. The summed E-state index contributed by atoms with van der Waals surface area (Å²) in [4.78, 5) is 13.1. The van der Waals surface area contributed by atoms with Gasteiger partial charge in [0.05, 0.1) is 32.0 Å². The maximum atomic E-state index is 13.1. The van der Waals surface area contributed by atoms with Gasteiger partial charge in [0.2, 0.25) is 5.91 Å². The smallest absolute Gasteiger partial charge is 0.220 e. The van der Waals surface area contributed by atoms with Crippen molar-refractivity contribution in [3.05, 3.63) is 48.6 Å². The lowest BCUT2D eigenvalue weighted by Crippen LogP contribution is -2.65. The van der Waals surface area contributed by atoms with Gasteiger partial charge in [-0.05, 0) is 64.2 Å². The number of carbonyl (C=O) groups is 1. The molecule has 0 aromatic rings. The van der Waals surface area contributed by atoms with Crippen molar-refractivity contribution in [2.45, 2.75) is 229 Å². The van der Waals surface area contributed by atoms with Gasteiger partial charge in [0.25, 0.3) is 0 Å². The highest BCUT2D eigenvalue weighted by Crippen LogP contribution is 2.30. The Kier molecular flexibility index (Phi) is 31.9. The number of hydrogen-bond acceptors (Lipinski definition) is 13. The van der Waals surface area contributed by atoms with E-state index >= 15 is 0 Å². The van der Waals surface area contributed by atoms with E-state index in [4.69, 9.17) is 18.9 Å². The van der Waals surface area contributed by atoms with Gasteiger partial charge in [-0.1, -0.05) is 133 Å². The SMILES string of the molecule is CCCCC/C=C\C/C=C\CCCCCCCCCCCC(=O)NC(COC1OC(CO)C(OC2OC(CO)C(O)C(O)C2O)C(O)C1O)C(O)/C=C/CC/C=C/CCCCC. The van der Waals surface area contributed by atoms with Crippen molar-refractivity contribution in [3.8, 4) is 0 Å². The molecule has 0 saturated carbocycles. The molecule has 0 aromatic carbocycles. The molecule has 360 valence electrons. The second-order valence-corrected chi connectivity index (χ2v) is 16.9. The molecule has 1 amide bonds. The van der Waals surface area contributed by atoms with Crippen molar-refractivity contribution in [3.63, 3.8) is 0 Å². The summed E-state index contributed by atoms with van der Waals surface area (Å²) in [5.74, 6) is -0.260. The monoisotopic (exact) mass is 884 g/mol. The molecule has 0 spiro atoms. The average molecular weight is 884 g/mol. The standard InChI is InChI=1S/C48H85NO13/c1-3-5-7-9-11-13-14-15-16-17-18-19-20-21-22-24-26-28-30-32-40(53)49-36(37(52)31-29-27-25-23-12-10-8-6-4-2)35-59-47-45(58)43(56)46(39(34-51)61-47)62-48-44(57)42(55)41(54)38(33-50)60-48/h11-13,15-16,23,29,31,36-39,41-48,50-52,54-58H,3-10,14,17-22,24-28,30,32-35H2,1-2H3,(H,49,53)/b13-11-,16-15-,23-12+,31-29+. The van der Waals surface area contributed by atoms with Crippen LogP contribution < -0.4 is 5.32 Å². The van der Waals surface area contributed by atoms with Crippen LogP contribution in [-0.4, -0.2) is 140 Å². The minimum atomic E-state index is -1.79. The van der Waals surface area contributed by atoms with E-state index in [1.54, 1.807) is 6.08 Å². The number of unbranched alkanes of at least 4 members (excludes halogenated alkanes) is 16. The van der Waals surface area contributed by atoms with Crippen molar-refractivity contribution < 1.29 is 64.6 Å². The van der Waals surface area contributed by atoms with Crippen molar-refractivity contribution >= 4 is 5.91 Å². The molecular weight excluding hydrogens is 799 g/mol. The van der Waals surface area contributed by atoms with Crippen molar-refractivity contribution in [1.29, 1.82) is 0 Å². The van der Waals surface area contributed by atoms with Crippen LogP contribution in [0.5, 0.6) is 0 Å².